The molecule has 0 saturated heterocycles. The summed E-state index contributed by atoms with van der Waals surface area (Å²) < 4.78 is 0. The fraction of sp³-hybridized carbons (Fsp3) is 0.500. The molecule has 2 rings (SSSR count). The number of hydrogen-bond donors (Lipinski definition) is 3. The molecule has 0 atom stereocenters. The average molecular weight is 393 g/mol. The van der Waals surface area contributed by atoms with Crippen LogP contribution >= 0.6 is 34.8 Å². The molecule has 132 valence electrons. The first-order valence-corrected chi connectivity index (χ1v) is 9.05. The van der Waals surface area contributed by atoms with Crippen molar-refractivity contribution in [3.05, 3.63) is 27.2 Å². The molecular formula is C16H20Cl3N3O2. The van der Waals surface area contributed by atoms with Crippen LogP contribution in [0.5, 0.6) is 0 Å². The van der Waals surface area contributed by atoms with Crippen LogP contribution < -0.4 is 16.2 Å². The zero-order valence-electron chi connectivity index (χ0n) is 13.1. The SMILES string of the molecule is O=C(CC1CCCCC1)NCC(=O)NNc1c(Cl)cc(Cl)cc1Cl. The molecule has 0 radical (unpaired) electrons. The lowest BCUT2D eigenvalue weighted by Crippen LogP contribution is -2.40. The number of rotatable bonds is 6. The van der Waals surface area contributed by atoms with Gasteiger partial charge in [0.1, 0.15) is 0 Å². The highest BCUT2D eigenvalue weighted by Gasteiger charge is 2.17. The van der Waals surface area contributed by atoms with Crippen LogP contribution in [0.1, 0.15) is 38.5 Å². The van der Waals surface area contributed by atoms with Crippen LogP contribution in [-0.4, -0.2) is 18.4 Å². The summed E-state index contributed by atoms with van der Waals surface area (Å²) in [5.41, 5.74) is 5.43. The van der Waals surface area contributed by atoms with Crippen molar-refractivity contribution in [3.8, 4) is 0 Å². The van der Waals surface area contributed by atoms with Gasteiger partial charge in [-0.05, 0) is 30.9 Å². The normalized spacial score (nSPS) is 15.0. The largest absolute Gasteiger partial charge is 0.347 e. The summed E-state index contributed by atoms with van der Waals surface area (Å²) in [7, 11) is 0. The van der Waals surface area contributed by atoms with E-state index in [0.29, 0.717) is 23.0 Å². The van der Waals surface area contributed by atoms with Crippen molar-refractivity contribution in [2.24, 2.45) is 5.92 Å². The van der Waals surface area contributed by atoms with Crippen molar-refractivity contribution in [2.45, 2.75) is 38.5 Å². The van der Waals surface area contributed by atoms with E-state index in [1.165, 1.54) is 31.4 Å². The van der Waals surface area contributed by atoms with Crippen molar-refractivity contribution in [3.63, 3.8) is 0 Å². The average Bonchev–Trinajstić information content (AvgIpc) is 2.53. The Bertz CT molecular complexity index is 581. The smallest absolute Gasteiger partial charge is 0.257 e. The second kappa shape index (κ2) is 9.35. The zero-order valence-corrected chi connectivity index (χ0v) is 15.4. The molecule has 0 aliphatic heterocycles. The Labute approximate surface area is 156 Å². The second-order valence-electron chi connectivity index (χ2n) is 5.90. The van der Waals surface area contributed by atoms with Gasteiger partial charge in [-0.3, -0.25) is 20.4 Å². The van der Waals surface area contributed by atoms with E-state index in [-0.39, 0.29) is 22.5 Å². The predicted molar refractivity (Wildman–Crippen MR) is 97.4 cm³/mol. The maximum atomic E-state index is 11.9. The van der Waals surface area contributed by atoms with Gasteiger partial charge in [0.05, 0.1) is 22.3 Å². The van der Waals surface area contributed by atoms with Gasteiger partial charge in [-0.25, -0.2) is 0 Å². The Morgan fingerprint density at radius 2 is 1.62 bits per heavy atom. The number of halogens is 3. The number of carbonyl (C=O) groups excluding carboxylic acids is 2. The van der Waals surface area contributed by atoms with Gasteiger partial charge in [0, 0.05) is 11.4 Å². The lowest BCUT2D eigenvalue weighted by molar-refractivity contribution is -0.126. The van der Waals surface area contributed by atoms with Crippen molar-refractivity contribution in [1.29, 1.82) is 0 Å². The Balaban J connectivity index is 1.72. The summed E-state index contributed by atoms with van der Waals surface area (Å²) in [6.07, 6.45) is 6.29. The number of hydrogen-bond acceptors (Lipinski definition) is 3. The molecule has 0 bridgehead atoms. The molecule has 8 heteroatoms. The van der Waals surface area contributed by atoms with Gasteiger partial charge in [0.2, 0.25) is 5.91 Å². The van der Waals surface area contributed by atoms with Gasteiger partial charge in [0.15, 0.2) is 0 Å². The van der Waals surface area contributed by atoms with Gasteiger partial charge >= 0.3 is 0 Å². The summed E-state index contributed by atoms with van der Waals surface area (Å²) in [5.74, 6) is -0.0553. The van der Waals surface area contributed by atoms with E-state index in [1.807, 2.05) is 0 Å². The summed E-state index contributed by atoms with van der Waals surface area (Å²) in [6, 6.07) is 3.02. The highest BCUT2D eigenvalue weighted by molar-refractivity contribution is 6.41. The molecular weight excluding hydrogens is 373 g/mol. The molecule has 1 aliphatic rings. The number of benzene rings is 1. The Hall–Kier alpha value is -1.17. The zero-order chi connectivity index (χ0) is 17.5. The molecule has 3 N–H and O–H groups in total. The minimum Gasteiger partial charge on any atom is -0.347 e. The first kappa shape index (κ1) is 19.2. The fourth-order valence-electron chi connectivity index (χ4n) is 2.74. The Morgan fingerprint density at radius 3 is 2.25 bits per heavy atom. The third-order valence-corrected chi connectivity index (χ3v) is 4.79. The third-order valence-electron chi connectivity index (χ3n) is 3.98. The molecule has 2 amide bonds. The fourth-order valence-corrected chi connectivity index (χ4v) is 3.65. The molecule has 1 fully saturated rings. The van der Waals surface area contributed by atoms with E-state index < -0.39 is 5.91 Å². The van der Waals surface area contributed by atoms with Crippen LogP contribution in [0.2, 0.25) is 15.1 Å². The molecule has 0 aromatic heterocycles. The summed E-state index contributed by atoms with van der Waals surface area (Å²) in [5, 5.41) is 3.60. The van der Waals surface area contributed by atoms with Crippen LogP contribution in [0, 0.1) is 5.92 Å². The van der Waals surface area contributed by atoms with Gasteiger partial charge in [-0.2, -0.15) is 0 Å². The summed E-state index contributed by atoms with van der Waals surface area (Å²) in [4.78, 5) is 23.7. The summed E-state index contributed by atoms with van der Waals surface area (Å²) in [6.45, 7) is -0.110. The predicted octanol–water partition coefficient (Wildman–Crippen LogP) is 4.18. The highest BCUT2D eigenvalue weighted by Crippen LogP contribution is 2.33. The minimum absolute atomic E-state index is 0.0976. The third kappa shape index (κ3) is 6.04. The molecule has 0 heterocycles. The standard InChI is InChI=1S/C16H20Cl3N3O2/c17-11-7-12(18)16(13(19)8-11)22-21-15(24)9-20-14(23)6-10-4-2-1-3-5-10/h7-8,10,22H,1-6,9H2,(H,20,23)(H,21,24). The number of hydrazine groups is 1. The highest BCUT2D eigenvalue weighted by atomic mass is 35.5. The molecule has 1 saturated carbocycles. The first-order chi connectivity index (χ1) is 11.5. The lowest BCUT2D eigenvalue weighted by Gasteiger charge is -2.20. The van der Waals surface area contributed by atoms with Gasteiger partial charge in [-0.1, -0.05) is 54.1 Å². The van der Waals surface area contributed by atoms with Crippen LogP contribution in [0.4, 0.5) is 5.69 Å². The second-order valence-corrected chi connectivity index (χ2v) is 7.15. The first-order valence-electron chi connectivity index (χ1n) is 7.92. The topological polar surface area (TPSA) is 70.2 Å². The summed E-state index contributed by atoms with van der Waals surface area (Å²) >= 11 is 17.8. The van der Waals surface area contributed by atoms with Crippen LogP contribution in [-0.2, 0) is 9.59 Å². The van der Waals surface area contributed by atoms with E-state index in [2.05, 4.69) is 16.2 Å². The Morgan fingerprint density at radius 1 is 1.00 bits per heavy atom. The van der Waals surface area contributed by atoms with Gasteiger partial charge < -0.3 is 5.32 Å². The number of nitrogens with one attached hydrogen (secondary N) is 3. The quantitative estimate of drug-likeness (QED) is 0.636. The maximum absolute atomic E-state index is 11.9. The molecule has 5 nitrogen and oxygen atoms in total. The molecule has 1 aromatic rings. The van der Waals surface area contributed by atoms with Crippen molar-refractivity contribution < 1.29 is 9.59 Å². The van der Waals surface area contributed by atoms with E-state index >= 15 is 0 Å². The number of carbonyl (C=O) groups is 2. The van der Waals surface area contributed by atoms with Crippen molar-refractivity contribution in [2.75, 3.05) is 12.0 Å². The van der Waals surface area contributed by atoms with Crippen LogP contribution in [0.15, 0.2) is 12.1 Å². The van der Waals surface area contributed by atoms with E-state index in [9.17, 15) is 9.59 Å². The lowest BCUT2D eigenvalue weighted by atomic mass is 9.87. The van der Waals surface area contributed by atoms with E-state index in [4.69, 9.17) is 34.8 Å². The van der Waals surface area contributed by atoms with Gasteiger partial charge in [-0.15, -0.1) is 0 Å². The van der Waals surface area contributed by atoms with Gasteiger partial charge in [0.25, 0.3) is 5.91 Å². The minimum atomic E-state index is -0.394. The molecule has 0 unspecified atom stereocenters. The molecule has 24 heavy (non-hydrogen) atoms. The Kier molecular flexibility index (Phi) is 7.46. The molecule has 1 aromatic carbocycles. The molecule has 0 spiro atoms. The van der Waals surface area contributed by atoms with Crippen LogP contribution in [0.3, 0.4) is 0 Å². The number of anilines is 1. The van der Waals surface area contributed by atoms with Crippen molar-refractivity contribution in [1.82, 2.24) is 10.7 Å². The van der Waals surface area contributed by atoms with Crippen molar-refractivity contribution >= 4 is 52.3 Å². The molecule has 1 aliphatic carbocycles. The monoisotopic (exact) mass is 391 g/mol. The maximum Gasteiger partial charge on any atom is 0.257 e. The van der Waals surface area contributed by atoms with Crippen LogP contribution in [0.25, 0.3) is 0 Å². The van der Waals surface area contributed by atoms with E-state index in [1.54, 1.807) is 0 Å². The number of amides is 2. The van der Waals surface area contributed by atoms with E-state index in [0.717, 1.165) is 12.8 Å².